The molecule has 2 nitrogen and oxygen atoms in total. The summed E-state index contributed by atoms with van der Waals surface area (Å²) in [5, 5.41) is 9.61. The molecule has 2 rings (SSSR count). The summed E-state index contributed by atoms with van der Waals surface area (Å²) in [5.41, 5.74) is 6.78. The summed E-state index contributed by atoms with van der Waals surface area (Å²) in [4.78, 5) is 0.575. The Hall–Kier alpha value is -0.650. The molecule has 0 unspecified atom stereocenters. The number of benzene rings is 1. The molecule has 0 saturated heterocycles. The summed E-state index contributed by atoms with van der Waals surface area (Å²) in [6.07, 6.45) is 2.83. The maximum absolute atomic E-state index is 12.4. The van der Waals surface area contributed by atoms with Crippen molar-refractivity contribution < 1.29 is 13.9 Å². The van der Waals surface area contributed by atoms with Crippen LogP contribution in [-0.4, -0.2) is 23.5 Å². The summed E-state index contributed by atoms with van der Waals surface area (Å²) >= 11 is 0.563. The first-order valence-corrected chi connectivity index (χ1v) is 7.37. The van der Waals surface area contributed by atoms with E-state index >= 15 is 0 Å². The summed E-state index contributed by atoms with van der Waals surface area (Å²) in [6, 6.07) is 7.28. The van der Waals surface area contributed by atoms with Gasteiger partial charge in [0.2, 0.25) is 0 Å². The number of alkyl halides is 2. The van der Waals surface area contributed by atoms with Crippen LogP contribution in [0.3, 0.4) is 0 Å². The minimum atomic E-state index is -2.41. The third-order valence-electron chi connectivity index (χ3n) is 3.97. The van der Waals surface area contributed by atoms with Crippen molar-refractivity contribution in [3.63, 3.8) is 0 Å². The molecule has 0 aromatic heterocycles. The Morgan fingerprint density at radius 1 is 1.37 bits per heavy atom. The number of halogens is 2. The largest absolute Gasteiger partial charge is 0.393 e. The van der Waals surface area contributed by atoms with Crippen molar-refractivity contribution in [3.8, 4) is 0 Å². The topological polar surface area (TPSA) is 46.2 Å². The van der Waals surface area contributed by atoms with Gasteiger partial charge in [0.05, 0.1) is 6.10 Å². The monoisotopic (exact) mass is 287 g/mol. The number of hydrogen-bond donors (Lipinski definition) is 2. The number of nitrogens with two attached hydrogens (primary N) is 1. The maximum Gasteiger partial charge on any atom is 0.288 e. The van der Waals surface area contributed by atoms with E-state index in [1.165, 1.54) is 0 Å². The van der Waals surface area contributed by atoms with Crippen LogP contribution in [0.25, 0.3) is 0 Å². The molecule has 1 aliphatic rings. The Morgan fingerprint density at radius 2 is 2.05 bits per heavy atom. The predicted molar refractivity (Wildman–Crippen MR) is 73.5 cm³/mol. The highest BCUT2D eigenvalue weighted by molar-refractivity contribution is 7.99. The highest BCUT2D eigenvalue weighted by atomic mass is 32.2. The second kappa shape index (κ2) is 6.20. The van der Waals surface area contributed by atoms with Gasteiger partial charge in [0.15, 0.2) is 0 Å². The van der Waals surface area contributed by atoms with Gasteiger partial charge in [0, 0.05) is 16.9 Å². The van der Waals surface area contributed by atoms with Crippen molar-refractivity contribution in [1.29, 1.82) is 0 Å². The van der Waals surface area contributed by atoms with Gasteiger partial charge in [-0.05, 0) is 43.4 Å². The van der Waals surface area contributed by atoms with E-state index in [0.29, 0.717) is 23.2 Å². The van der Waals surface area contributed by atoms with E-state index in [2.05, 4.69) is 0 Å². The fourth-order valence-electron chi connectivity index (χ4n) is 2.77. The van der Waals surface area contributed by atoms with E-state index in [4.69, 9.17) is 5.73 Å². The van der Waals surface area contributed by atoms with E-state index in [1.54, 1.807) is 6.07 Å². The zero-order chi connectivity index (χ0) is 13.9. The minimum Gasteiger partial charge on any atom is -0.393 e. The van der Waals surface area contributed by atoms with Gasteiger partial charge in [-0.1, -0.05) is 23.9 Å². The Labute approximate surface area is 116 Å². The van der Waals surface area contributed by atoms with Crippen molar-refractivity contribution in [1.82, 2.24) is 0 Å². The van der Waals surface area contributed by atoms with E-state index in [0.717, 1.165) is 31.2 Å². The molecule has 106 valence electrons. The van der Waals surface area contributed by atoms with Crippen LogP contribution in [0.15, 0.2) is 29.2 Å². The molecule has 0 aliphatic heterocycles. The molecule has 0 bridgehead atoms. The number of aliphatic hydroxyl groups excluding tert-OH is 1. The van der Waals surface area contributed by atoms with Gasteiger partial charge in [0.1, 0.15) is 0 Å². The van der Waals surface area contributed by atoms with Gasteiger partial charge in [-0.3, -0.25) is 0 Å². The van der Waals surface area contributed by atoms with Gasteiger partial charge in [-0.25, -0.2) is 0 Å². The number of aliphatic hydroxyl groups is 1. The van der Waals surface area contributed by atoms with Crippen LogP contribution in [0.4, 0.5) is 8.78 Å². The molecule has 1 fully saturated rings. The summed E-state index contributed by atoms with van der Waals surface area (Å²) in [5.74, 6) is -2.41. The molecule has 1 aliphatic carbocycles. The van der Waals surface area contributed by atoms with Crippen LogP contribution in [0.1, 0.15) is 31.2 Å². The van der Waals surface area contributed by atoms with Crippen molar-refractivity contribution >= 4 is 11.8 Å². The predicted octanol–water partition coefficient (Wildman–Crippen LogP) is 3.13. The van der Waals surface area contributed by atoms with Gasteiger partial charge < -0.3 is 10.8 Å². The van der Waals surface area contributed by atoms with E-state index < -0.39 is 5.76 Å². The van der Waals surface area contributed by atoms with Gasteiger partial charge in [-0.15, -0.1) is 0 Å². The first-order valence-electron chi connectivity index (χ1n) is 6.49. The molecular weight excluding hydrogens is 268 g/mol. The molecule has 5 heteroatoms. The minimum absolute atomic E-state index is 0.169. The van der Waals surface area contributed by atoms with Gasteiger partial charge in [0.25, 0.3) is 5.76 Å². The fraction of sp³-hybridized carbons (Fsp3) is 0.571. The van der Waals surface area contributed by atoms with Crippen LogP contribution in [-0.2, 0) is 5.41 Å². The molecule has 1 aromatic carbocycles. The molecule has 1 aromatic rings. The smallest absolute Gasteiger partial charge is 0.288 e. The number of thioether (sulfide) groups is 1. The Morgan fingerprint density at radius 3 is 2.63 bits per heavy atom. The lowest BCUT2D eigenvalue weighted by atomic mass is 9.69. The molecule has 0 atom stereocenters. The highest BCUT2D eigenvalue weighted by Crippen LogP contribution is 2.40. The summed E-state index contributed by atoms with van der Waals surface area (Å²) in [6.45, 7) is 0.489. The van der Waals surface area contributed by atoms with Crippen LogP contribution in [0, 0.1) is 0 Å². The second-order valence-corrected chi connectivity index (χ2v) is 6.19. The first kappa shape index (κ1) is 14.8. The average molecular weight is 287 g/mol. The van der Waals surface area contributed by atoms with E-state index in [1.807, 2.05) is 18.2 Å². The zero-order valence-electron chi connectivity index (χ0n) is 10.7. The molecule has 0 heterocycles. The van der Waals surface area contributed by atoms with Crippen molar-refractivity contribution in [2.24, 2.45) is 5.73 Å². The molecular formula is C14H19F2NOS. The zero-order valence-corrected chi connectivity index (χ0v) is 11.5. The van der Waals surface area contributed by atoms with E-state index in [-0.39, 0.29) is 11.5 Å². The molecule has 1 saturated carbocycles. The third-order valence-corrected chi connectivity index (χ3v) is 4.68. The average Bonchev–Trinajstić information content (AvgIpc) is 2.40. The van der Waals surface area contributed by atoms with Crippen molar-refractivity contribution in [2.75, 3.05) is 6.54 Å². The van der Waals surface area contributed by atoms with Gasteiger partial charge in [-0.2, -0.15) is 8.78 Å². The van der Waals surface area contributed by atoms with Crippen LogP contribution in [0.2, 0.25) is 0 Å². The number of hydrogen-bond acceptors (Lipinski definition) is 3. The van der Waals surface area contributed by atoms with Crippen molar-refractivity contribution in [2.45, 2.75) is 47.9 Å². The number of rotatable bonds is 4. The Kier molecular flexibility index (Phi) is 4.81. The fourth-order valence-corrected chi connectivity index (χ4v) is 3.33. The van der Waals surface area contributed by atoms with E-state index in [9.17, 15) is 13.9 Å². The normalized spacial score (nSPS) is 27.7. The summed E-state index contributed by atoms with van der Waals surface area (Å²) in [7, 11) is 0. The molecule has 0 spiro atoms. The quantitative estimate of drug-likeness (QED) is 0.836. The lowest BCUT2D eigenvalue weighted by Gasteiger charge is -2.38. The molecule has 19 heavy (non-hydrogen) atoms. The molecule has 0 radical (unpaired) electrons. The maximum atomic E-state index is 12.4. The van der Waals surface area contributed by atoms with Crippen LogP contribution >= 0.6 is 11.8 Å². The molecule has 0 amide bonds. The highest BCUT2D eigenvalue weighted by Gasteiger charge is 2.35. The second-order valence-electron chi connectivity index (χ2n) is 5.12. The van der Waals surface area contributed by atoms with Crippen LogP contribution in [0.5, 0.6) is 0 Å². The first-order chi connectivity index (χ1) is 9.05. The lowest BCUT2D eigenvalue weighted by Crippen LogP contribution is -2.40. The Balaban J connectivity index is 2.23. The Bertz CT molecular complexity index is 420. The van der Waals surface area contributed by atoms with Gasteiger partial charge >= 0.3 is 0 Å². The summed E-state index contributed by atoms with van der Waals surface area (Å²) < 4.78 is 24.9. The third kappa shape index (κ3) is 3.46. The lowest BCUT2D eigenvalue weighted by molar-refractivity contribution is 0.0974. The SMILES string of the molecule is NCC1(c2cccc(SC(F)F)c2)CCC(O)CC1. The molecule has 3 N–H and O–H groups in total. The van der Waals surface area contributed by atoms with Crippen molar-refractivity contribution in [3.05, 3.63) is 29.8 Å². The van der Waals surface area contributed by atoms with Crippen LogP contribution < -0.4 is 5.73 Å². The standard InChI is InChI=1S/C14H19F2NOS/c15-13(16)19-12-3-1-2-10(8-12)14(9-17)6-4-11(18)5-7-14/h1-3,8,11,13,18H,4-7,9,17H2.